The molecule has 1 heterocycles. The van der Waals surface area contributed by atoms with Gasteiger partial charge in [-0.15, -0.1) is 0 Å². The van der Waals surface area contributed by atoms with Crippen molar-refractivity contribution in [1.82, 2.24) is 9.97 Å². The topological polar surface area (TPSA) is 69.0 Å². The van der Waals surface area contributed by atoms with Crippen LogP contribution in [0.2, 0.25) is 0 Å². The van der Waals surface area contributed by atoms with Gasteiger partial charge in [-0.25, -0.2) is 4.79 Å². The van der Waals surface area contributed by atoms with Gasteiger partial charge in [-0.05, 0) is 5.56 Å². The Morgan fingerprint density at radius 1 is 1.18 bits per heavy atom. The van der Waals surface area contributed by atoms with Gasteiger partial charge in [0.05, 0.1) is 0 Å². The molecule has 0 saturated carbocycles. The number of rotatable bonds is 3. The summed E-state index contributed by atoms with van der Waals surface area (Å²) in [6.07, 6.45) is 1.42. The summed E-state index contributed by atoms with van der Waals surface area (Å²) in [5, 5.41) is 0. The van der Waals surface area contributed by atoms with Crippen LogP contribution in [-0.4, -0.2) is 17.0 Å². The SMILES string of the molecule is CN(Cc1ccccc1)c1c[nH]c(=O)[nH]c1=O. The minimum Gasteiger partial charge on any atom is -0.365 e. The molecule has 0 amide bonds. The molecule has 0 spiro atoms. The van der Waals surface area contributed by atoms with Crippen LogP contribution in [0.5, 0.6) is 0 Å². The van der Waals surface area contributed by atoms with Gasteiger partial charge in [0.15, 0.2) is 0 Å². The third-order valence-electron chi connectivity index (χ3n) is 2.47. The lowest BCUT2D eigenvalue weighted by molar-refractivity contribution is 0.889. The highest BCUT2D eigenvalue weighted by Gasteiger charge is 2.06. The second-order valence-electron chi connectivity index (χ2n) is 3.80. The molecule has 2 N–H and O–H groups in total. The van der Waals surface area contributed by atoms with Gasteiger partial charge in [-0.1, -0.05) is 30.3 Å². The van der Waals surface area contributed by atoms with Crippen LogP contribution in [0.4, 0.5) is 5.69 Å². The van der Waals surface area contributed by atoms with Crippen molar-refractivity contribution in [3.8, 4) is 0 Å². The van der Waals surface area contributed by atoms with Crippen LogP contribution in [-0.2, 0) is 6.54 Å². The molecule has 17 heavy (non-hydrogen) atoms. The van der Waals surface area contributed by atoms with E-state index in [9.17, 15) is 9.59 Å². The Morgan fingerprint density at radius 2 is 1.88 bits per heavy atom. The molecule has 2 aromatic rings. The van der Waals surface area contributed by atoms with E-state index in [0.717, 1.165) is 5.56 Å². The highest BCUT2D eigenvalue weighted by atomic mass is 16.2. The maximum atomic E-state index is 11.6. The first kappa shape index (κ1) is 11.2. The molecule has 0 bridgehead atoms. The van der Waals surface area contributed by atoms with E-state index in [4.69, 9.17) is 0 Å². The molecule has 0 atom stereocenters. The predicted octanol–water partition coefficient (Wildman–Crippen LogP) is 0.700. The minimum atomic E-state index is -0.494. The van der Waals surface area contributed by atoms with Crippen LogP contribution in [0.15, 0.2) is 46.1 Å². The molecule has 0 saturated heterocycles. The van der Waals surface area contributed by atoms with Gasteiger partial charge >= 0.3 is 5.69 Å². The number of aromatic nitrogens is 2. The Labute approximate surface area is 97.7 Å². The van der Waals surface area contributed by atoms with Crippen LogP contribution in [0, 0.1) is 0 Å². The van der Waals surface area contributed by atoms with Crippen LogP contribution in [0.3, 0.4) is 0 Å². The van der Waals surface area contributed by atoms with Crippen molar-refractivity contribution >= 4 is 5.69 Å². The number of nitrogens with one attached hydrogen (secondary N) is 2. The highest BCUT2D eigenvalue weighted by molar-refractivity contribution is 5.41. The van der Waals surface area contributed by atoms with Gasteiger partial charge in [0, 0.05) is 19.8 Å². The van der Waals surface area contributed by atoms with Crippen molar-refractivity contribution in [2.75, 3.05) is 11.9 Å². The monoisotopic (exact) mass is 231 g/mol. The predicted molar refractivity (Wildman–Crippen MR) is 66.2 cm³/mol. The number of hydrogen-bond donors (Lipinski definition) is 2. The first-order valence-electron chi connectivity index (χ1n) is 5.24. The summed E-state index contributed by atoms with van der Waals surface area (Å²) in [7, 11) is 1.80. The van der Waals surface area contributed by atoms with Crippen molar-refractivity contribution in [3.63, 3.8) is 0 Å². The number of benzene rings is 1. The molecule has 1 aromatic heterocycles. The Kier molecular flexibility index (Phi) is 3.09. The van der Waals surface area contributed by atoms with Gasteiger partial charge in [0.25, 0.3) is 5.56 Å². The number of nitrogens with zero attached hydrogens (tertiary/aromatic N) is 1. The second kappa shape index (κ2) is 4.69. The Morgan fingerprint density at radius 3 is 2.53 bits per heavy atom. The smallest absolute Gasteiger partial charge is 0.325 e. The van der Waals surface area contributed by atoms with E-state index in [1.54, 1.807) is 11.9 Å². The molecule has 0 aliphatic heterocycles. The maximum absolute atomic E-state index is 11.6. The minimum absolute atomic E-state index is 0.382. The normalized spacial score (nSPS) is 10.2. The molecule has 5 heteroatoms. The standard InChI is InChI=1S/C12H13N3O2/c1-15(8-9-5-3-2-4-6-9)10-7-13-12(17)14-11(10)16/h2-7H,8H2,1H3,(H2,13,14,16,17). The van der Waals surface area contributed by atoms with E-state index in [1.807, 2.05) is 30.3 Å². The summed E-state index contributed by atoms with van der Waals surface area (Å²) in [5.41, 5.74) is 0.660. The highest BCUT2D eigenvalue weighted by Crippen LogP contribution is 2.08. The van der Waals surface area contributed by atoms with E-state index >= 15 is 0 Å². The van der Waals surface area contributed by atoms with Crippen LogP contribution in [0.1, 0.15) is 5.56 Å². The van der Waals surface area contributed by atoms with Crippen molar-refractivity contribution in [2.45, 2.75) is 6.54 Å². The lowest BCUT2D eigenvalue weighted by Gasteiger charge is -2.17. The molecular formula is C12H13N3O2. The molecule has 0 aliphatic rings. The zero-order valence-corrected chi connectivity index (χ0v) is 9.43. The molecule has 1 aromatic carbocycles. The summed E-state index contributed by atoms with van der Waals surface area (Å²) < 4.78 is 0. The lowest BCUT2D eigenvalue weighted by atomic mass is 10.2. The zero-order chi connectivity index (χ0) is 12.3. The number of hydrogen-bond acceptors (Lipinski definition) is 3. The van der Waals surface area contributed by atoms with Gasteiger partial charge in [0.1, 0.15) is 5.69 Å². The number of aromatic amines is 2. The van der Waals surface area contributed by atoms with Crippen LogP contribution < -0.4 is 16.1 Å². The molecule has 0 unspecified atom stereocenters. The molecule has 5 nitrogen and oxygen atoms in total. The average molecular weight is 231 g/mol. The average Bonchev–Trinajstić information content (AvgIpc) is 2.30. The Balaban J connectivity index is 2.23. The van der Waals surface area contributed by atoms with Gasteiger partial charge < -0.3 is 9.88 Å². The molecule has 0 fully saturated rings. The summed E-state index contributed by atoms with van der Waals surface area (Å²) in [6.45, 7) is 0.607. The van der Waals surface area contributed by atoms with Crippen molar-refractivity contribution < 1.29 is 0 Å². The summed E-state index contributed by atoms with van der Waals surface area (Å²) in [5.74, 6) is 0. The quantitative estimate of drug-likeness (QED) is 0.817. The van der Waals surface area contributed by atoms with Crippen LogP contribution in [0.25, 0.3) is 0 Å². The summed E-state index contributed by atoms with van der Waals surface area (Å²) in [4.78, 5) is 28.9. The first-order chi connectivity index (χ1) is 8.16. The Bertz CT molecular complexity index is 601. The summed E-state index contributed by atoms with van der Waals surface area (Å²) >= 11 is 0. The van der Waals surface area contributed by atoms with Crippen molar-refractivity contribution in [2.24, 2.45) is 0 Å². The number of anilines is 1. The van der Waals surface area contributed by atoms with Crippen LogP contribution >= 0.6 is 0 Å². The third kappa shape index (κ3) is 2.63. The zero-order valence-electron chi connectivity index (χ0n) is 9.43. The molecule has 88 valence electrons. The van der Waals surface area contributed by atoms with Gasteiger partial charge in [-0.3, -0.25) is 9.78 Å². The fraction of sp³-hybridized carbons (Fsp3) is 0.167. The van der Waals surface area contributed by atoms with E-state index in [2.05, 4.69) is 9.97 Å². The molecular weight excluding hydrogens is 218 g/mol. The van der Waals surface area contributed by atoms with Gasteiger partial charge in [0.2, 0.25) is 0 Å². The molecule has 2 rings (SSSR count). The van der Waals surface area contributed by atoms with Gasteiger partial charge in [-0.2, -0.15) is 0 Å². The van der Waals surface area contributed by atoms with Crippen molar-refractivity contribution in [3.05, 3.63) is 62.9 Å². The third-order valence-corrected chi connectivity index (χ3v) is 2.47. The van der Waals surface area contributed by atoms with E-state index in [-0.39, 0.29) is 5.56 Å². The van der Waals surface area contributed by atoms with E-state index in [1.165, 1.54) is 6.20 Å². The molecule has 0 radical (unpaired) electrons. The number of H-pyrrole nitrogens is 2. The summed E-state index contributed by atoms with van der Waals surface area (Å²) in [6, 6.07) is 9.80. The van der Waals surface area contributed by atoms with Crippen molar-refractivity contribution in [1.29, 1.82) is 0 Å². The van der Waals surface area contributed by atoms with E-state index in [0.29, 0.717) is 12.2 Å². The molecule has 0 aliphatic carbocycles. The lowest BCUT2D eigenvalue weighted by Crippen LogP contribution is -2.29. The maximum Gasteiger partial charge on any atom is 0.325 e. The fourth-order valence-electron chi connectivity index (χ4n) is 1.63. The first-order valence-corrected chi connectivity index (χ1v) is 5.24. The Hall–Kier alpha value is -2.30. The largest absolute Gasteiger partial charge is 0.365 e. The van der Waals surface area contributed by atoms with E-state index < -0.39 is 5.69 Å². The fourth-order valence-corrected chi connectivity index (χ4v) is 1.63. The second-order valence-corrected chi connectivity index (χ2v) is 3.80.